The Morgan fingerprint density at radius 2 is 1.96 bits per heavy atom. The summed E-state index contributed by atoms with van der Waals surface area (Å²) < 4.78 is 10.8. The Kier molecular flexibility index (Phi) is 9.16. The summed E-state index contributed by atoms with van der Waals surface area (Å²) in [7, 11) is 1.79. The highest BCUT2D eigenvalue weighted by atomic mass is 16.5. The number of guanidine groups is 1. The predicted molar refractivity (Wildman–Crippen MR) is 108 cm³/mol. The number of ether oxygens (including phenoxy) is 2. The van der Waals surface area contributed by atoms with Crippen LogP contribution in [0.15, 0.2) is 4.99 Å². The van der Waals surface area contributed by atoms with Crippen LogP contribution in [0.25, 0.3) is 0 Å². The molecule has 0 radical (unpaired) electrons. The van der Waals surface area contributed by atoms with Gasteiger partial charge in [0.15, 0.2) is 5.96 Å². The third-order valence-electron chi connectivity index (χ3n) is 5.93. The van der Waals surface area contributed by atoms with Crippen molar-refractivity contribution in [1.29, 1.82) is 0 Å². The van der Waals surface area contributed by atoms with Crippen LogP contribution in [-0.2, 0) is 9.47 Å². The van der Waals surface area contributed by atoms with Crippen molar-refractivity contribution in [2.75, 3.05) is 59.7 Å². The highest BCUT2D eigenvalue weighted by Gasteiger charge is 2.36. The molecule has 0 spiro atoms. The normalized spacial score (nSPS) is 22.1. The first-order chi connectivity index (χ1) is 12.6. The minimum Gasteiger partial charge on any atom is -0.385 e. The maximum atomic E-state index is 5.51. The Balaban J connectivity index is 1.90. The molecule has 2 N–H and O–H groups in total. The van der Waals surface area contributed by atoms with Gasteiger partial charge in [0.1, 0.15) is 0 Å². The van der Waals surface area contributed by atoms with Gasteiger partial charge in [-0.1, -0.05) is 20.3 Å². The molecule has 152 valence electrons. The monoisotopic (exact) mass is 368 g/mol. The molecule has 6 heteroatoms. The molecular weight excluding hydrogens is 328 g/mol. The van der Waals surface area contributed by atoms with E-state index in [2.05, 4.69) is 36.3 Å². The Bertz CT molecular complexity index is 418. The molecule has 0 amide bonds. The van der Waals surface area contributed by atoms with Crippen LogP contribution in [-0.4, -0.2) is 76.6 Å². The molecule has 1 unspecified atom stereocenters. The molecule has 26 heavy (non-hydrogen) atoms. The summed E-state index contributed by atoms with van der Waals surface area (Å²) in [5.41, 5.74) is 0.361. The van der Waals surface area contributed by atoms with Gasteiger partial charge < -0.3 is 20.1 Å². The van der Waals surface area contributed by atoms with Crippen LogP contribution in [0.1, 0.15) is 46.5 Å². The minimum absolute atomic E-state index is 0.361. The van der Waals surface area contributed by atoms with E-state index in [0.717, 1.165) is 64.9 Å². The topological polar surface area (TPSA) is 58.1 Å². The van der Waals surface area contributed by atoms with Crippen LogP contribution in [0.3, 0.4) is 0 Å². The average Bonchev–Trinajstić information content (AvgIpc) is 2.61. The zero-order chi connectivity index (χ0) is 18.8. The summed E-state index contributed by atoms with van der Waals surface area (Å²) in [6.07, 6.45) is 5.01. The quantitative estimate of drug-likeness (QED) is 0.457. The molecule has 1 saturated heterocycles. The van der Waals surface area contributed by atoms with Gasteiger partial charge in [-0.3, -0.25) is 9.89 Å². The SMILES string of the molecule is CCNC(=NCC1(CCOC)CCC1)NCC(C(C)C)N1CCOCC1. The lowest BCUT2D eigenvalue weighted by molar-refractivity contribution is 0.00751. The summed E-state index contributed by atoms with van der Waals surface area (Å²) in [6.45, 7) is 14.0. The number of hydrogen-bond donors (Lipinski definition) is 2. The molecule has 0 aromatic rings. The molecular formula is C20H40N4O2. The first kappa shape index (κ1) is 21.5. The molecule has 0 aromatic carbocycles. The Labute approximate surface area is 160 Å². The number of nitrogens with one attached hydrogen (secondary N) is 2. The van der Waals surface area contributed by atoms with Crippen LogP contribution in [0.2, 0.25) is 0 Å². The fourth-order valence-corrected chi connectivity index (χ4v) is 3.97. The Hall–Kier alpha value is -0.850. The smallest absolute Gasteiger partial charge is 0.191 e. The highest BCUT2D eigenvalue weighted by Crippen LogP contribution is 2.44. The van der Waals surface area contributed by atoms with Gasteiger partial charge in [0.2, 0.25) is 0 Å². The summed E-state index contributed by atoms with van der Waals surface area (Å²) >= 11 is 0. The van der Waals surface area contributed by atoms with Crippen molar-refractivity contribution in [3.63, 3.8) is 0 Å². The number of methoxy groups -OCH3 is 1. The van der Waals surface area contributed by atoms with Crippen LogP contribution < -0.4 is 10.6 Å². The second-order valence-corrected chi connectivity index (χ2v) is 8.13. The Morgan fingerprint density at radius 1 is 1.23 bits per heavy atom. The molecule has 1 heterocycles. The fraction of sp³-hybridized carbons (Fsp3) is 0.950. The van der Waals surface area contributed by atoms with Gasteiger partial charge in [-0.05, 0) is 37.5 Å². The van der Waals surface area contributed by atoms with E-state index in [9.17, 15) is 0 Å². The number of rotatable bonds is 10. The first-order valence-corrected chi connectivity index (χ1v) is 10.4. The van der Waals surface area contributed by atoms with E-state index in [-0.39, 0.29) is 0 Å². The maximum absolute atomic E-state index is 5.51. The van der Waals surface area contributed by atoms with Gasteiger partial charge in [0.25, 0.3) is 0 Å². The molecule has 2 rings (SSSR count). The number of morpholine rings is 1. The first-order valence-electron chi connectivity index (χ1n) is 10.4. The minimum atomic E-state index is 0.361. The van der Waals surface area contributed by atoms with E-state index in [4.69, 9.17) is 14.5 Å². The van der Waals surface area contributed by atoms with Crippen molar-refractivity contribution < 1.29 is 9.47 Å². The number of nitrogens with zero attached hydrogens (tertiary/aromatic N) is 2. The molecule has 1 aliphatic heterocycles. The molecule has 2 fully saturated rings. The van der Waals surface area contributed by atoms with Gasteiger partial charge in [-0.2, -0.15) is 0 Å². The zero-order valence-corrected chi connectivity index (χ0v) is 17.4. The largest absolute Gasteiger partial charge is 0.385 e. The fourth-order valence-electron chi connectivity index (χ4n) is 3.97. The third-order valence-corrected chi connectivity index (χ3v) is 5.93. The van der Waals surface area contributed by atoms with E-state index >= 15 is 0 Å². The maximum Gasteiger partial charge on any atom is 0.191 e. The molecule has 1 aliphatic carbocycles. The van der Waals surface area contributed by atoms with Gasteiger partial charge in [-0.15, -0.1) is 0 Å². The standard InChI is InChI=1S/C20H40N4O2/c1-5-21-19(23-16-20(7-6-8-20)9-12-25-4)22-15-18(17(2)3)24-10-13-26-14-11-24/h17-18H,5-16H2,1-4H3,(H2,21,22,23). The van der Waals surface area contributed by atoms with Crippen molar-refractivity contribution in [2.24, 2.45) is 16.3 Å². The molecule has 1 atom stereocenters. The van der Waals surface area contributed by atoms with Crippen molar-refractivity contribution in [3.05, 3.63) is 0 Å². The highest BCUT2D eigenvalue weighted by molar-refractivity contribution is 5.79. The summed E-state index contributed by atoms with van der Waals surface area (Å²) in [5, 5.41) is 7.02. The van der Waals surface area contributed by atoms with E-state index < -0.39 is 0 Å². The van der Waals surface area contributed by atoms with E-state index in [0.29, 0.717) is 17.4 Å². The van der Waals surface area contributed by atoms with Crippen molar-refractivity contribution in [1.82, 2.24) is 15.5 Å². The van der Waals surface area contributed by atoms with Gasteiger partial charge in [0, 0.05) is 52.5 Å². The van der Waals surface area contributed by atoms with E-state index in [1.165, 1.54) is 19.3 Å². The van der Waals surface area contributed by atoms with Crippen LogP contribution in [0, 0.1) is 11.3 Å². The lowest BCUT2D eigenvalue weighted by atomic mass is 9.67. The Morgan fingerprint density at radius 3 is 2.50 bits per heavy atom. The molecule has 6 nitrogen and oxygen atoms in total. The lowest BCUT2D eigenvalue weighted by Crippen LogP contribution is -2.52. The van der Waals surface area contributed by atoms with Crippen molar-refractivity contribution >= 4 is 5.96 Å². The van der Waals surface area contributed by atoms with Crippen LogP contribution >= 0.6 is 0 Å². The van der Waals surface area contributed by atoms with E-state index in [1.54, 1.807) is 7.11 Å². The van der Waals surface area contributed by atoms with Gasteiger partial charge in [0.05, 0.1) is 13.2 Å². The molecule has 2 aliphatic rings. The molecule has 0 aromatic heterocycles. The number of aliphatic imine (C=N–C) groups is 1. The lowest BCUT2D eigenvalue weighted by Gasteiger charge is -2.41. The van der Waals surface area contributed by atoms with Crippen molar-refractivity contribution in [2.45, 2.75) is 52.5 Å². The second-order valence-electron chi connectivity index (χ2n) is 8.13. The zero-order valence-electron chi connectivity index (χ0n) is 17.4. The number of hydrogen-bond acceptors (Lipinski definition) is 4. The second kappa shape index (κ2) is 11.1. The average molecular weight is 369 g/mol. The van der Waals surface area contributed by atoms with Crippen molar-refractivity contribution in [3.8, 4) is 0 Å². The van der Waals surface area contributed by atoms with Crippen LogP contribution in [0.5, 0.6) is 0 Å². The van der Waals surface area contributed by atoms with E-state index in [1.807, 2.05) is 0 Å². The van der Waals surface area contributed by atoms with Gasteiger partial charge >= 0.3 is 0 Å². The summed E-state index contributed by atoms with van der Waals surface area (Å²) in [4.78, 5) is 7.48. The summed E-state index contributed by atoms with van der Waals surface area (Å²) in [6, 6.07) is 0.508. The summed E-state index contributed by atoms with van der Waals surface area (Å²) in [5.74, 6) is 1.55. The molecule has 1 saturated carbocycles. The van der Waals surface area contributed by atoms with Crippen LogP contribution in [0.4, 0.5) is 0 Å². The molecule has 0 bridgehead atoms. The van der Waals surface area contributed by atoms with Gasteiger partial charge in [-0.25, -0.2) is 0 Å². The third kappa shape index (κ3) is 6.39. The predicted octanol–water partition coefficient (Wildman–Crippen LogP) is 2.11.